The second-order valence-electron chi connectivity index (χ2n) is 5.62. The summed E-state index contributed by atoms with van der Waals surface area (Å²) in [6.07, 6.45) is 0. The molecule has 0 radical (unpaired) electrons. The fraction of sp³-hybridized carbons (Fsp3) is 0.105. The van der Waals surface area contributed by atoms with Crippen LogP contribution >= 0.6 is 11.6 Å². The summed E-state index contributed by atoms with van der Waals surface area (Å²) in [5.41, 5.74) is 1.33. The monoisotopic (exact) mass is 386 g/mol. The van der Waals surface area contributed by atoms with Crippen molar-refractivity contribution in [3.63, 3.8) is 0 Å². The summed E-state index contributed by atoms with van der Waals surface area (Å²) in [5.74, 6) is 0.607. The first-order valence-corrected chi connectivity index (χ1v) is 8.35. The Morgan fingerprint density at radius 2 is 1.78 bits per heavy atom. The van der Waals surface area contributed by atoms with Crippen molar-refractivity contribution in [2.75, 3.05) is 17.7 Å². The van der Waals surface area contributed by atoms with Gasteiger partial charge < -0.3 is 15.4 Å². The molecule has 0 bridgehead atoms. The lowest BCUT2D eigenvalue weighted by atomic mass is 10.2. The molecule has 1 amide bonds. The molecule has 3 rings (SSSR count). The molecule has 0 aliphatic carbocycles. The van der Waals surface area contributed by atoms with Crippen molar-refractivity contribution in [1.82, 2.24) is 9.97 Å². The third-order valence-electron chi connectivity index (χ3n) is 3.60. The Morgan fingerprint density at radius 3 is 2.44 bits per heavy atom. The number of aryl methyl sites for hydroxylation is 1. The van der Waals surface area contributed by atoms with Gasteiger partial charge in [-0.25, -0.2) is 14.4 Å². The Kier molecular flexibility index (Phi) is 5.52. The molecule has 0 saturated carbocycles. The van der Waals surface area contributed by atoms with Gasteiger partial charge >= 0.3 is 0 Å². The number of carbonyl (C=O) groups is 1. The number of methoxy groups -OCH3 is 1. The number of hydrogen-bond donors (Lipinski definition) is 2. The van der Waals surface area contributed by atoms with Crippen LogP contribution in [0.5, 0.6) is 5.75 Å². The molecular formula is C19H16ClFN4O2. The quantitative estimate of drug-likeness (QED) is 0.671. The van der Waals surface area contributed by atoms with Crippen LogP contribution in [0.15, 0.2) is 48.5 Å². The van der Waals surface area contributed by atoms with E-state index in [2.05, 4.69) is 20.6 Å². The average Bonchev–Trinajstić information content (AvgIpc) is 2.63. The van der Waals surface area contributed by atoms with Gasteiger partial charge in [0.25, 0.3) is 5.91 Å². The van der Waals surface area contributed by atoms with Gasteiger partial charge in [-0.3, -0.25) is 4.79 Å². The van der Waals surface area contributed by atoms with E-state index in [1.165, 1.54) is 37.4 Å². The van der Waals surface area contributed by atoms with Gasteiger partial charge in [0.05, 0.1) is 12.1 Å². The number of benzene rings is 2. The van der Waals surface area contributed by atoms with Crippen LogP contribution in [0.25, 0.3) is 0 Å². The first-order valence-electron chi connectivity index (χ1n) is 7.98. The van der Waals surface area contributed by atoms with E-state index in [4.69, 9.17) is 16.3 Å². The number of rotatable bonds is 5. The standard InChI is InChI=1S/C19H16ClFN4O2/c1-11-22-16(19(26)25-13-5-3-12(21)4-6-13)10-18(23-11)24-14-7-8-17(27-2)15(20)9-14/h3-10H,1-2H3,(H,25,26)(H,22,23,24). The molecule has 0 saturated heterocycles. The lowest BCUT2D eigenvalue weighted by molar-refractivity contribution is 0.102. The van der Waals surface area contributed by atoms with Crippen LogP contribution in [0.2, 0.25) is 5.02 Å². The molecule has 8 heteroatoms. The number of hydrogen-bond acceptors (Lipinski definition) is 5. The molecule has 138 valence electrons. The Hall–Kier alpha value is -3.19. The van der Waals surface area contributed by atoms with Crippen molar-refractivity contribution in [1.29, 1.82) is 0 Å². The zero-order valence-electron chi connectivity index (χ0n) is 14.6. The predicted molar refractivity (Wildman–Crippen MR) is 102 cm³/mol. The van der Waals surface area contributed by atoms with Gasteiger partial charge in [-0.1, -0.05) is 11.6 Å². The van der Waals surface area contributed by atoms with Crippen LogP contribution in [0, 0.1) is 12.7 Å². The molecule has 27 heavy (non-hydrogen) atoms. The topological polar surface area (TPSA) is 76.1 Å². The Balaban J connectivity index is 1.80. The fourth-order valence-corrected chi connectivity index (χ4v) is 2.63. The minimum atomic E-state index is -0.428. The summed E-state index contributed by atoms with van der Waals surface area (Å²) >= 11 is 6.12. The fourth-order valence-electron chi connectivity index (χ4n) is 2.37. The van der Waals surface area contributed by atoms with Gasteiger partial charge in [0.15, 0.2) is 0 Å². The van der Waals surface area contributed by atoms with E-state index < -0.39 is 5.91 Å². The van der Waals surface area contributed by atoms with Gasteiger partial charge in [-0.15, -0.1) is 0 Å². The zero-order chi connectivity index (χ0) is 19.4. The molecule has 0 aliphatic heterocycles. The maximum Gasteiger partial charge on any atom is 0.274 e. The second kappa shape index (κ2) is 8.01. The summed E-state index contributed by atoms with van der Waals surface area (Å²) in [4.78, 5) is 20.9. The van der Waals surface area contributed by atoms with Gasteiger partial charge in [0.1, 0.15) is 28.9 Å². The lowest BCUT2D eigenvalue weighted by Crippen LogP contribution is -2.15. The highest BCUT2D eigenvalue weighted by Crippen LogP contribution is 2.28. The molecule has 1 aromatic heterocycles. The maximum atomic E-state index is 13.0. The number of nitrogens with zero attached hydrogens (tertiary/aromatic N) is 2. The van der Waals surface area contributed by atoms with Crippen LogP contribution in [0.3, 0.4) is 0 Å². The molecule has 0 spiro atoms. The molecule has 0 unspecified atom stereocenters. The highest BCUT2D eigenvalue weighted by Gasteiger charge is 2.12. The summed E-state index contributed by atoms with van der Waals surface area (Å²) in [7, 11) is 1.54. The number of aromatic nitrogens is 2. The number of anilines is 3. The van der Waals surface area contributed by atoms with Gasteiger partial charge in [0, 0.05) is 17.4 Å². The average molecular weight is 387 g/mol. The molecular weight excluding hydrogens is 371 g/mol. The Morgan fingerprint density at radius 1 is 1.07 bits per heavy atom. The van der Waals surface area contributed by atoms with Crippen LogP contribution in [-0.2, 0) is 0 Å². The van der Waals surface area contributed by atoms with E-state index >= 15 is 0 Å². The lowest BCUT2D eigenvalue weighted by Gasteiger charge is -2.10. The molecule has 3 aromatic rings. The molecule has 1 heterocycles. The van der Waals surface area contributed by atoms with E-state index in [9.17, 15) is 9.18 Å². The van der Waals surface area contributed by atoms with Crippen LogP contribution in [0.1, 0.15) is 16.3 Å². The largest absolute Gasteiger partial charge is 0.495 e. The maximum absolute atomic E-state index is 13.0. The number of amides is 1. The van der Waals surface area contributed by atoms with Crippen molar-refractivity contribution < 1.29 is 13.9 Å². The van der Waals surface area contributed by atoms with Crippen LogP contribution in [0.4, 0.5) is 21.6 Å². The normalized spacial score (nSPS) is 10.4. The van der Waals surface area contributed by atoms with E-state index in [-0.39, 0.29) is 11.5 Å². The van der Waals surface area contributed by atoms with Crippen molar-refractivity contribution >= 4 is 34.7 Å². The zero-order valence-corrected chi connectivity index (χ0v) is 15.3. The van der Waals surface area contributed by atoms with E-state index in [1.807, 2.05) is 0 Å². The van der Waals surface area contributed by atoms with E-state index in [1.54, 1.807) is 25.1 Å². The second-order valence-corrected chi connectivity index (χ2v) is 6.03. The van der Waals surface area contributed by atoms with Crippen molar-refractivity contribution in [3.8, 4) is 5.75 Å². The summed E-state index contributed by atoms with van der Waals surface area (Å²) < 4.78 is 18.1. The Labute approximate surface area is 160 Å². The molecule has 0 aliphatic rings. The Bertz CT molecular complexity index is 980. The third kappa shape index (κ3) is 4.71. The van der Waals surface area contributed by atoms with Gasteiger partial charge in [0.2, 0.25) is 0 Å². The van der Waals surface area contributed by atoms with Crippen LogP contribution < -0.4 is 15.4 Å². The summed E-state index contributed by atoms with van der Waals surface area (Å²) in [6.45, 7) is 1.68. The minimum absolute atomic E-state index is 0.175. The number of ether oxygens (including phenoxy) is 1. The first kappa shape index (κ1) is 18.6. The summed E-state index contributed by atoms with van der Waals surface area (Å²) in [6, 6.07) is 12.2. The predicted octanol–water partition coefficient (Wildman–Crippen LogP) is 4.58. The van der Waals surface area contributed by atoms with Crippen molar-refractivity contribution in [3.05, 3.63) is 70.9 Å². The molecule has 2 aromatic carbocycles. The molecule has 6 nitrogen and oxygen atoms in total. The highest BCUT2D eigenvalue weighted by molar-refractivity contribution is 6.32. The molecule has 2 N–H and O–H groups in total. The third-order valence-corrected chi connectivity index (χ3v) is 3.89. The van der Waals surface area contributed by atoms with Crippen LogP contribution in [-0.4, -0.2) is 23.0 Å². The van der Waals surface area contributed by atoms with Crippen molar-refractivity contribution in [2.45, 2.75) is 6.92 Å². The first-order chi connectivity index (χ1) is 12.9. The van der Waals surface area contributed by atoms with Crippen molar-refractivity contribution in [2.24, 2.45) is 0 Å². The van der Waals surface area contributed by atoms with E-state index in [0.717, 1.165) is 0 Å². The molecule has 0 atom stereocenters. The van der Waals surface area contributed by atoms with Gasteiger partial charge in [-0.05, 0) is 49.4 Å². The summed E-state index contributed by atoms with van der Waals surface area (Å²) in [5, 5.41) is 6.20. The van der Waals surface area contributed by atoms with E-state index in [0.29, 0.717) is 33.8 Å². The molecule has 0 fully saturated rings. The number of carbonyl (C=O) groups excluding carboxylic acids is 1. The highest BCUT2D eigenvalue weighted by atomic mass is 35.5. The SMILES string of the molecule is COc1ccc(Nc2cc(C(=O)Nc3ccc(F)cc3)nc(C)n2)cc1Cl. The van der Waals surface area contributed by atoms with Gasteiger partial charge in [-0.2, -0.15) is 0 Å². The number of nitrogens with one attached hydrogen (secondary N) is 2. The smallest absolute Gasteiger partial charge is 0.274 e. The minimum Gasteiger partial charge on any atom is -0.495 e. The number of halogens is 2.